The summed E-state index contributed by atoms with van der Waals surface area (Å²) in [6.07, 6.45) is 3.19. The molecule has 1 amide bonds. The maximum atomic E-state index is 12.1. The van der Waals surface area contributed by atoms with E-state index in [0.717, 1.165) is 25.8 Å². The Kier molecular flexibility index (Phi) is 6.40. The van der Waals surface area contributed by atoms with Crippen molar-refractivity contribution in [2.45, 2.75) is 44.8 Å². The van der Waals surface area contributed by atoms with Gasteiger partial charge in [-0.15, -0.1) is 0 Å². The van der Waals surface area contributed by atoms with Crippen LogP contribution in [0.2, 0.25) is 5.02 Å². The van der Waals surface area contributed by atoms with Crippen LogP contribution in [-0.2, 0) is 4.79 Å². The number of nitrogens with zero attached hydrogens (tertiary/aromatic N) is 2. The molecule has 124 valence electrons. The van der Waals surface area contributed by atoms with Gasteiger partial charge in [-0.25, -0.2) is 0 Å². The van der Waals surface area contributed by atoms with Crippen molar-refractivity contribution < 1.29 is 9.90 Å². The molecule has 2 unspecified atom stereocenters. The van der Waals surface area contributed by atoms with E-state index >= 15 is 0 Å². The van der Waals surface area contributed by atoms with Crippen molar-refractivity contribution in [2.75, 3.05) is 18.4 Å². The van der Waals surface area contributed by atoms with Crippen LogP contribution in [0.5, 0.6) is 0 Å². The van der Waals surface area contributed by atoms with Crippen molar-refractivity contribution in [3.63, 3.8) is 0 Å². The molecule has 2 N–H and O–H groups in total. The minimum atomic E-state index is -0.379. The summed E-state index contributed by atoms with van der Waals surface area (Å²) in [4.78, 5) is 14.3. The molecule has 5 nitrogen and oxygen atoms in total. The number of benzene rings is 1. The highest BCUT2D eigenvalue weighted by molar-refractivity contribution is 6.32. The smallest absolute Gasteiger partial charge is 0.225 e. The second kappa shape index (κ2) is 8.30. The van der Waals surface area contributed by atoms with Gasteiger partial charge >= 0.3 is 0 Å². The summed E-state index contributed by atoms with van der Waals surface area (Å²) in [5, 5.41) is 21.8. The number of aliphatic hydroxyl groups is 1. The predicted molar refractivity (Wildman–Crippen MR) is 90.3 cm³/mol. The Morgan fingerprint density at radius 3 is 3.00 bits per heavy atom. The first-order valence-corrected chi connectivity index (χ1v) is 8.30. The number of nitrogens with one attached hydrogen (secondary N) is 1. The molecular formula is C17H22ClN3O2. The fraction of sp³-hybridized carbons (Fsp3) is 0.529. The lowest BCUT2D eigenvalue weighted by atomic mass is 9.98. The van der Waals surface area contributed by atoms with Crippen LogP contribution >= 0.6 is 11.6 Å². The summed E-state index contributed by atoms with van der Waals surface area (Å²) in [5.41, 5.74) is 0.975. The number of hydrogen-bond acceptors (Lipinski definition) is 4. The van der Waals surface area contributed by atoms with Gasteiger partial charge in [-0.1, -0.05) is 18.0 Å². The van der Waals surface area contributed by atoms with Gasteiger partial charge in [-0.05, 0) is 44.5 Å². The third-order valence-corrected chi connectivity index (χ3v) is 4.53. The molecular weight excluding hydrogens is 314 g/mol. The van der Waals surface area contributed by atoms with Crippen LogP contribution in [0.15, 0.2) is 18.2 Å². The van der Waals surface area contributed by atoms with E-state index in [9.17, 15) is 9.90 Å². The minimum Gasteiger partial charge on any atom is -0.392 e. The molecule has 0 saturated carbocycles. The number of aliphatic hydroxyl groups excluding tert-OH is 1. The number of carbonyl (C=O) groups excluding carboxylic acids is 1. The van der Waals surface area contributed by atoms with E-state index in [0.29, 0.717) is 29.2 Å². The Morgan fingerprint density at radius 1 is 1.57 bits per heavy atom. The Morgan fingerprint density at radius 2 is 2.35 bits per heavy atom. The summed E-state index contributed by atoms with van der Waals surface area (Å²) in [6.45, 7) is 3.36. The fourth-order valence-electron chi connectivity index (χ4n) is 2.99. The second-order valence-corrected chi connectivity index (χ2v) is 6.35. The maximum Gasteiger partial charge on any atom is 0.225 e. The number of piperidine rings is 1. The number of nitriles is 1. The van der Waals surface area contributed by atoms with Crippen LogP contribution in [0.25, 0.3) is 0 Å². The van der Waals surface area contributed by atoms with Crippen LogP contribution in [0.1, 0.15) is 38.2 Å². The van der Waals surface area contributed by atoms with Crippen LogP contribution < -0.4 is 5.32 Å². The summed E-state index contributed by atoms with van der Waals surface area (Å²) < 4.78 is 0. The monoisotopic (exact) mass is 335 g/mol. The van der Waals surface area contributed by atoms with Crippen LogP contribution in [0, 0.1) is 11.3 Å². The minimum absolute atomic E-state index is 0.0966. The van der Waals surface area contributed by atoms with Crippen LogP contribution in [0.3, 0.4) is 0 Å². The van der Waals surface area contributed by atoms with Gasteiger partial charge in [0.1, 0.15) is 6.07 Å². The molecule has 0 radical (unpaired) electrons. The quantitative estimate of drug-likeness (QED) is 0.867. The van der Waals surface area contributed by atoms with Gasteiger partial charge < -0.3 is 10.4 Å². The van der Waals surface area contributed by atoms with Gasteiger partial charge in [0.2, 0.25) is 5.91 Å². The van der Waals surface area contributed by atoms with Crippen molar-refractivity contribution in [3.05, 3.63) is 28.8 Å². The van der Waals surface area contributed by atoms with Crippen molar-refractivity contribution >= 4 is 23.2 Å². The summed E-state index contributed by atoms with van der Waals surface area (Å²) in [5.74, 6) is -0.0966. The van der Waals surface area contributed by atoms with Gasteiger partial charge in [0.15, 0.2) is 0 Å². The van der Waals surface area contributed by atoms with E-state index in [1.165, 1.54) is 0 Å². The Bertz CT molecular complexity index is 598. The van der Waals surface area contributed by atoms with Gasteiger partial charge in [0.05, 0.1) is 16.7 Å². The van der Waals surface area contributed by atoms with E-state index < -0.39 is 0 Å². The summed E-state index contributed by atoms with van der Waals surface area (Å²) >= 11 is 5.96. The van der Waals surface area contributed by atoms with Crippen molar-refractivity contribution in [1.82, 2.24) is 4.90 Å². The molecule has 1 aromatic rings. The lowest BCUT2D eigenvalue weighted by molar-refractivity contribution is -0.116. The number of carbonyl (C=O) groups is 1. The molecule has 2 rings (SSSR count). The van der Waals surface area contributed by atoms with E-state index in [2.05, 4.69) is 10.2 Å². The lowest BCUT2D eigenvalue weighted by Crippen LogP contribution is -2.46. The zero-order valence-electron chi connectivity index (χ0n) is 13.3. The summed E-state index contributed by atoms with van der Waals surface area (Å²) in [7, 11) is 0. The van der Waals surface area contributed by atoms with Gasteiger partial charge in [-0.3, -0.25) is 9.69 Å². The largest absolute Gasteiger partial charge is 0.392 e. The average Bonchev–Trinajstić information content (AvgIpc) is 2.53. The average molecular weight is 336 g/mol. The number of halogens is 1. The normalized spacial score (nSPS) is 19.8. The van der Waals surface area contributed by atoms with Gasteiger partial charge in [0.25, 0.3) is 0 Å². The molecule has 0 spiro atoms. The highest BCUT2D eigenvalue weighted by Crippen LogP contribution is 2.21. The first-order valence-electron chi connectivity index (χ1n) is 7.93. The highest BCUT2D eigenvalue weighted by Gasteiger charge is 2.26. The van der Waals surface area contributed by atoms with Crippen molar-refractivity contribution in [3.8, 4) is 6.07 Å². The Labute approximate surface area is 141 Å². The van der Waals surface area contributed by atoms with E-state index in [1.807, 2.05) is 13.0 Å². The van der Waals surface area contributed by atoms with E-state index in [4.69, 9.17) is 16.9 Å². The zero-order chi connectivity index (χ0) is 16.8. The van der Waals surface area contributed by atoms with Gasteiger partial charge in [0, 0.05) is 24.7 Å². The summed E-state index contributed by atoms with van der Waals surface area (Å²) in [6, 6.07) is 6.96. The van der Waals surface area contributed by atoms with Gasteiger partial charge in [-0.2, -0.15) is 5.26 Å². The third-order valence-electron chi connectivity index (χ3n) is 4.22. The molecule has 0 aromatic heterocycles. The highest BCUT2D eigenvalue weighted by atomic mass is 35.5. The fourth-order valence-corrected chi connectivity index (χ4v) is 3.22. The number of anilines is 1. The first-order chi connectivity index (χ1) is 11.0. The Balaban J connectivity index is 1.87. The second-order valence-electron chi connectivity index (χ2n) is 5.94. The molecule has 1 fully saturated rings. The number of amides is 1. The zero-order valence-corrected chi connectivity index (χ0v) is 14.0. The molecule has 1 saturated heterocycles. The third kappa shape index (κ3) is 4.93. The van der Waals surface area contributed by atoms with Crippen LogP contribution in [0.4, 0.5) is 5.69 Å². The molecule has 23 heavy (non-hydrogen) atoms. The number of rotatable bonds is 5. The van der Waals surface area contributed by atoms with Crippen LogP contribution in [-0.4, -0.2) is 41.1 Å². The predicted octanol–water partition coefficient (Wildman–Crippen LogP) is 2.78. The molecule has 1 aliphatic rings. The number of likely N-dealkylation sites (tertiary alicyclic amines) is 1. The van der Waals surface area contributed by atoms with Crippen molar-refractivity contribution in [2.24, 2.45) is 0 Å². The first kappa shape index (κ1) is 17.7. The molecule has 1 heterocycles. The molecule has 6 heteroatoms. The standard InChI is InChI=1S/C17H22ClN3O2/c1-12(22)16-4-2-3-8-21(16)9-7-17(23)20-14-6-5-13(11-19)15(18)10-14/h5-6,10,12,16,22H,2-4,7-9H2,1H3,(H,20,23). The number of hydrogen-bond donors (Lipinski definition) is 2. The molecule has 0 aliphatic carbocycles. The lowest BCUT2D eigenvalue weighted by Gasteiger charge is -2.37. The maximum absolute atomic E-state index is 12.1. The SMILES string of the molecule is CC(O)C1CCCCN1CCC(=O)Nc1ccc(C#N)c(Cl)c1. The molecule has 1 aromatic carbocycles. The topological polar surface area (TPSA) is 76.4 Å². The van der Waals surface area contributed by atoms with Crippen molar-refractivity contribution in [1.29, 1.82) is 5.26 Å². The molecule has 2 atom stereocenters. The van der Waals surface area contributed by atoms with E-state index in [1.54, 1.807) is 18.2 Å². The Hall–Kier alpha value is -1.61. The van der Waals surface area contributed by atoms with E-state index in [-0.39, 0.29) is 18.1 Å². The molecule has 1 aliphatic heterocycles. The molecule has 0 bridgehead atoms.